The molecule has 1 N–H and O–H groups in total. The van der Waals surface area contributed by atoms with Gasteiger partial charge in [-0.3, -0.25) is 14.4 Å². The summed E-state index contributed by atoms with van der Waals surface area (Å²) >= 11 is 11.9. The average molecular weight is 435 g/mol. The Morgan fingerprint density at radius 3 is 2.66 bits per heavy atom. The smallest absolute Gasteiger partial charge is 0.311 e. The number of likely N-dealkylation sites (tertiary alicyclic amines) is 1. The highest BCUT2D eigenvalue weighted by molar-refractivity contribution is 6.35. The number of benzene rings is 2. The largest absolute Gasteiger partial charge is 0.455 e. The second-order valence-corrected chi connectivity index (χ2v) is 7.66. The van der Waals surface area contributed by atoms with Crippen LogP contribution in [0.5, 0.6) is 0 Å². The van der Waals surface area contributed by atoms with Gasteiger partial charge in [0.15, 0.2) is 6.61 Å². The van der Waals surface area contributed by atoms with Crippen molar-refractivity contribution in [2.24, 2.45) is 5.92 Å². The number of amides is 2. The van der Waals surface area contributed by atoms with Crippen molar-refractivity contribution in [2.75, 3.05) is 18.5 Å². The number of hydrogen-bond donors (Lipinski definition) is 1. The Kier molecular flexibility index (Phi) is 6.77. The SMILES string of the molecule is C[C@@H](c1ccccc1)N1C[C@H](C(=O)OCC(=O)Nc2cc(Cl)ccc2Cl)CC1=O. The fourth-order valence-electron chi connectivity index (χ4n) is 3.21. The number of esters is 1. The zero-order valence-corrected chi connectivity index (χ0v) is 17.2. The summed E-state index contributed by atoms with van der Waals surface area (Å²) in [4.78, 5) is 38.4. The van der Waals surface area contributed by atoms with Gasteiger partial charge in [-0.2, -0.15) is 0 Å². The van der Waals surface area contributed by atoms with Crippen LogP contribution in [0, 0.1) is 5.92 Å². The molecule has 0 saturated carbocycles. The Bertz CT molecular complexity index is 920. The summed E-state index contributed by atoms with van der Waals surface area (Å²) in [7, 11) is 0. The van der Waals surface area contributed by atoms with E-state index in [1.54, 1.807) is 17.0 Å². The topological polar surface area (TPSA) is 75.7 Å². The minimum atomic E-state index is -0.601. The van der Waals surface area contributed by atoms with Gasteiger partial charge in [0.05, 0.1) is 22.7 Å². The zero-order valence-electron chi connectivity index (χ0n) is 15.7. The van der Waals surface area contributed by atoms with Crippen molar-refractivity contribution in [1.29, 1.82) is 0 Å². The Balaban J connectivity index is 1.53. The standard InChI is InChI=1S/C21H20Cl2N2O4/c1-13(14-5-3-2-4-6-14)25-11-15(9-20(25)27)21(28)29-12-19(26)24-18-10-16(22)7-8-17(18)23/h2-8,10,13,15H,9,11-12H2,1H3,(H,24,26)/t13-,15+/m0/s1. The van der Waals surface area contributed by atoms with Crippen molar-refractivity contribution in [3.8, 4) is 0 Å². The molecule has 0 radical (unpaired) electrons. The molecule has 2 atom stereocenters. The highest BCUT2D eigenvalue weighted by Crippen LogP contribution is 2.29. The first-order chi connectivity index (χ1) is 13.8. The molecule has 0 bridgehead atoms. The number of carbonyl (C=O) groups is 3. The summed E-state index contributed by atoms with van der Waals surface area (Å²) in [5.41, 5.74) is 1.33. The molecule has 6 nitrogen and oxygen atoms in total. The van der Waals surface area contributed by atoms with Crippen LogP contribution in [-0.2, 0) is 19.1 Å². The second kappa shape index (κ2) is 9.29. The lowest BCUT2D eigenvalue weighted by Crippen LogP contribution is -2.30. The minimum Gasteiger partial charge on any atom is -0.455 e. The molecule has 152 valence electrons. The number of anilines is 1. The third-order valence-corrected chi connectivity index (χ3v) is 5.35. The average Bonchev–Trinajstić information content (AvgIpc) is 3.10. The van der Waals surface area contributed by atoms with E-state index in [1.165, 1.54) is 6.07 Å². The molecule has 8 heteroatoms. The van der Waals surface area contributed by atoms with E-state index in [4.69, 9.17) is 27.9 Å². The minimum absolute atomic E-state index is 0.0672. The molecule has 2 aromatic carbocycles. The van der Waals surface area contributed by atoms with E-state index >= 15 is 0 Å². The summed E-state index contributed by atoms with van der Waals surface area (Å²) in [5.74, 6) is -1.83. The van der Waals surface area contributed by atoms with Gasteiger partial charge in [-0.15, -0.1) is 0 Å². The van der Waals surface area contributed by atoms with Crippen LogP contribution in [0.15, 0.2) is 48.5 Å². The van der Waals surface area contributed by atoms with Crippen LogP contribution < -0.4 is 5.32 Å². The zero-order chi connectivity index (χ0) is 21.0. The van der Waals surface area contributed by atoms with Crippen LogP contribution in [0.4, 0.5) is 5.69 Å². The maximum atomic E-state index is 12.4. The van der Waals surface area contributed by atoms with Crippen molar-refractivity contribution < 1.29 is 19.1 Å². The predicted octanol–water partition coefficient (Wildman–Crippen LogP) is 4.08. The van der Waals surface area contributed by atoms with E-state index in [-0.39, 0.29) is 24.9 Å². The van der Waals surface area contributed by atoms with E-state index in [2.05, 4.69) is 5.32 Å². The highest BCUT2D eigenvalue weighted by atomic mass is 35.5. The molecule has 0 aliphatic carbocycles. The van der Waals surface area contributed by atoms with Gasteiger partial charge in [-0.25, -0.2) is 0 Å². The van der Waals surface area contributed by atoms with Crippen molar-refractivity contribution in [1.82, 2.24) is 4.90 Å². The first-order valence-corrected chi connectivity index (χ1v) is 9.86. The van der Waals surface area contributed by atoms with Crippen LogP contribution >= 0.6 is 23.2 Å². The van der Waals surface area contributed by atoms with Gasteiger partial charge in [0.1, 0.15) is 0 Å². The molecule has 2 amide bonds. The molecule has 2 aromatic rings. The lowest BCUT2D eigenvalue weighted by molar-refractivity contribution is -0.151. The molecule has 0 unspecified atom stereocenters. The number of rotatable bonds is 6. The van der Waals surface area contributed by atoms with Crippen molar-refractivity contribution in [3.63, 3.8) is 0 Å². The lowest BCUT2D eigenvalue weighted by atomic mass is 10.1. The number of ether oxygens (including phenoxy) is 1. The van der Waals surface area contributed by atoms with Gasteiger partial charge >= 0.3 is 5.97 Å². The number of nitrogens with zero attached hydrogens (tertiary/aromatic N) is 1. The molecule has 1 fully saturated rings. The predicted molar refractivity (Wildman–Crippen MR) is 111 cm³/mol. The summed E-state index contributed by atoms with van der Waals surface area (Å²) in [6.45, 7) is 1.71. The quantitative estimate of drug-likeness (QED) is 0.694. The Morgan fingerprint density at radius 2 is 1.93 bits per heavy atom. The van der Waals surface area contributed by atoms with E-state index < -0.39 is 24.4 Å². The van der Waals surface area contributed by atoms with E-state index in [1.807, 2.05) is 37.3 Å². The Labute approximate surface area is 178 Å². The normalized spacial score (nSPS) is 17.1. The molecule has 0 aromatic heterocycles. The third kappa shape index (κ3) is 5.28. The molecule has 1 saturated heterocycles. The fourth-order valence-corrected chi connectivity index (χ4v) is 3.55. The summed E-state index contributed by atoms with van der Waals surface area (Å²) < 4.78 is 5.11. The van der Waals surface area contributed by atoms with Crippen molar-refractivity contribution in [2.45, 2.75) is 19.4 Å². The van der Waals surface area contributed by atoms with Gasteiger partial charge in [0.25, 0.3) is 5.91 Å². The molecule has 1 aliphatic heterocycles. The van der Waals surface area contributed by atoms with Gasteiger partial charge in [-0.1, -0.05) is 53.5 Å². The van der Waals surface area contributed by atoms with Gasteiger partial charge in [0.2, 0.25) is 5.91 Å². The summed E-state index contributed by atoms with van der Waals surface area (Å²) in [6.07, 6.45) is 0.0672. The maximum absolute atomic E-state index is 12.4. The Morgan fingerprint density at radius 1 is 1.21 bits per heavy atom. The molecule has 1 aliphatic rings. The van der Waals surface area contributed by atoms with Crippen LogP contribution in [-0.4, -0.2) is 35.8 Å². The summed E-state index contributed by atoms with van der Waals surface area (Å²) in [5, 5.41) is 3.28. The van der Waals surface area contributed by atoms with Crippen molar-refractivity contribution in [3.05, 3.63) is 64.1 Å². The maximum Gasteiger partial charge on any atom is 0.311 e. The van der Waals surface area contributed by atoms with Gasteiger partial charge < -0.3 is 15.0 Å². The van der Waals surface area contributed by atoms with Crippen LogP contribution in [0.3, 0.4) is 0 Å². The molecular weight excluding hydrogens is 415 g/mol. The summed E-state index contributed by atoms with van der Waals surface area (Å²) in [6, 6.07) is 14.1. The molecular formula is C21H20Cl2N2O4. The number of carbonyl (C=O) groups excluding carboxylic acids is 3. The molecule has 29 heavy (non-hydrogen) atoms. The first kappa shape index (κ1) is 21.1. The highest BCUT2D eigenvalue weighted by Gasteiger charge is 2.38. The first-order valence-electron chi connectivity index (χ1n) is 9.11. The van der Waals surface area contributed by atoms with E-state index in [0.717, 1.165) is 5.56 Å². The number of hydrogen-bond acceptors (Lipinski definition) is 4. The van der Waals surface area contributed by atoms with E-state index in [9.17, 15) is 14.4 Å². The molecule has 3 rings (SSSR count). The van der Waals surface area contributed by atoms with Crippen LogP contribution in [0.25, 0.3) is 0 Å². The Hall–Kier alpha value is -2.57. The van der Waals surface area contributed by atoms with E-state index in [0.29, 0.717) is 15.7 Å². The third-order valence-electron chi connectivity index (χ3n) is 4.79. The second-order valence-electron chi connectivity index (χ2n) is 6.81. The monoisotopic (exact) mass is 434 g/mol. The number of nitrogens with one attached hydrogen (secondary N) is 1. The number of halogens is 2. The fraction of sp³-hybridized carbons (Fsp3) is 0.286. The molecule has 1 heterocycles. The van der Waals surface area contributed by atoms with Gasteiger partial charge in [0, 0.05) is 18.0 Å². The lowest BCUT2D eigenvalue weighted by Gasteiger charge is -2.25. The molecule has 0 spiro atoms. The van der Waals surface area contributed by atoms with Gasteiger partial charge in [-0.05, 0) is 30.7 Å². The van der Waals surface area contributed by atoms with Crippen LogP contribution in [0.2, 0.25) is 10.0 Å². The van der Waals surface area contributed by atoms with Crippen LogP contribution in [0.1, 0.15) is 24.9 Å². The van der Waals surface area contributed by atoms with Crippen molar-refractivity contribution >= 4 is 46.7 Å².